The van der Waals surface area contributed by atoms with E-state index in [-0.39, 0.29) is 0 Å². The van der Waals surface area contributed by atoms with Crippen LogP contribution in [0, 0.1) is 17.8 Å². The van der Waals surface area contributed by atoms with Crippen LogP contribution in [0.5, 0.6) is 0 Å². The Morgan fingerprint density at radius 1 is 1.15 bits per heavy atom. The zero-order chi connectivity index (χ0) is 14.5. The first-order valence-electron chi connectivity index (χ1n) is 9.07. The molecule has 2 nitrogen and oxygen atoms in total. The lowest BCUT2D eigenvalue weighted by molar-refractivity contribution is 0.0616. The second-order valence-electron chi connectivity index (χ2n) is 7.55. The van der Waals surface area contributed by atoms with E-state index in [0.29, 0.717) is 0 Å². The van der Waals surface area contributed by atoms with Gasteiger partial charge in [-0.25, -0.2) is 0 Å². The maximum absolute atomic E-state index is 3.62. The summed E-state index contributed by atoms with van der Waals surface area (Å²) in [5.74, 6) is 2.63. The predicted molar refractivity (Wildman–Crippen MR) is 88.0 cm³/mol. The Bertz CT molecular complexity index is 277. The van der Waals surface area contributed by atoms with E-state index in [2.05, 4.69) is 38.0 Å². The third-order valence-electron chi connectivity index (χ3n) is 5.87. The van der Waals surface area contributed by atoms with Crippen molar-refractivity contribution in [2.75, 3.05) is 20.1 Å². The highest BCUT2D eigenvalue weighted by molar-refractivity contribution is 4.90. The average Bonchev–Trinajstić information content (AvgIpc) is 2.43. The van der Waals surface area contributed by atoms with Crippen molar-refractivity contribution in [1.29, 1.82) is 0 Å². The maximum Gasteiger partial charge on any atom is 0.0110 e. The van der Waals surface area contributed by atoms with Crippen molar-refractivity contribution < 1.29 is 0 Å². The third-order valence-corrected chi connectivity index (χ3v) is 5.87. The van der Waals surface area contributed by atoms with Crippen LogP contribution in [0.2, 0.25) is 0 Å². The summed E-state index contributed by atoms with van der Waals surface area (Å²) in [4.78, 5) is 2.84. The number of likely N-dealkylation sites (tertiary alicyclic amines) is 1. The summed E-state index contributed by atoms with van der Waals surface area (Å²) < 4.78 is 0. The first kappa shape index (κ1) is 16.3. The molecule has 2 heteroatoms. The monoisotopic (exact) mass is 280 g/mol. The van der Waals surface area contributed by atoms with Gasteiger partial charge in [0.15, 0.2) is 0 Å². The van der Waals surface area contributed by atoms with Gasteiger partial charge in [-0.3, -0.25) is 0 Å². The molecular formula is C18H36N2. The quantitative estimate of drug-likeness (QED) is 0.821. The van der Waals surface area contributed by atoms with Crippen molar-refractivity contribution in [3.8, 4) is 0 Å². The van der Waals surface area contributed by atoms with E-state index in [1.807, 2.05) is 0 Å². The van der Waals surface area contributed by atoms with Gasteiger partial charge >= 0.3 is 0 Å². The Morgan fingerprint density at radius 3 is 2.65 bits per heavy atom. The van der Waals surface area contributed by atoms with Gasteiger partial charge in [-0.1, -0.05) is 33.6 Å². The average molecular weight is 280 g/mol. The minimum atomic E-state index is 0.734. The topological polar surface area (TPSA) is 15.3 Å². The molecule has 5 unspecified atom stereocenters. The Kier molecular flexibility index (Phi) is 6.35. The largest absolute Gasteiger partial charge is 0.317 e. The molecule has 0 aromatic heterocycles. The van der Waals surface area contributed by atoms with Gasteiger partial charge in [0.25, 0.3) is 0 Å². The number of hydrogen-bond donors (Lipinski definition) is 1. The van der Waals surface area contributed by atoms with Crippen LogP contribution in [-0.4, -0.2) is 37.1 Å². The van der Waals surface area contributed by atoms with Gasteiger partial charge in [0, 0.05) is 18.6 Å². The number of nitrogens with one attached hydrogen (secondary N) is 1. The van der Waals surface area contributed by atoms with Crippen LogP contribution < -0.4 is 5.32 Å². The van der Waals surface area contributed by atoms with E-state index >= 15 is 0 Å². The summed E-state index contributed by atoms with van der Waals surface area (Å²) in [5, 5.41) is 3.62. The van der Waals surface area contributed by atoms with Crippen molar-refractivity contribution in [2.24, 2.45) is 17.8 Å². The Balaban J connectivity index is 1.98. The van der Waals surface area contributed by atoms with Crippen molar-refractivity contribution in [3.63, 3.8) is 0 Å². The highest BCUT2D eigenvalue weighted by atomic mass is 15.2. The second kappa shape index (κ2) is 7.79. The van der Waals surface area contributed by atoms with E-state index in [4.69, 9.17) is 0 Å². The van der Waals surface area contributed by atoms with Crippen LogP contribution in [0.15, 0.2) is 0 Å². The Morgan fingerprint density at radius 2 is 1.95 bits per heavy atom. The molecule has 1 N–H and O–H groups in total. The van der Waals surface area contributed by atoms with Crippen LogP contribution in [0.1, 0.15) is 65.7 Å². The molecule has 118 valence electrons. The smallest absolute Gasteiger partial charge is 0.0110 e. The first-order chi connectivity index (χ1) is 9.65. The van der Waals surface area contributed by atoms with Gasteiger partial charge in [0.2, 0.25) is 0 Å². The lowest BCUT2D eigenvalue weighted by atomic mass is 9.72. The fourth-order valence-corrected chi connectivity index (χ4v) is 4.78. The lowest BCUT2D eigenvalue weighted by Crippen LogP contribution is -2.51. The van der Waals surface area contributed by atoms with Gasteiger partial charge in [0.05, 0.1) is 0 Å². The highest BCUT2D eigenvalue weighted by Gasteiger charge is 2.35. The molecule has 0 spiro atoms. The zero-order valence-electron chi connectivity index (χ0n) is 14.2. The summed E-state index contributed by atoms with van der Waals surface area (Å²) in [7, 11) is 2.17. The van der Waals surface area contributed by atoms with Crippen molar-refractivity contribution in [2.45, 2.75) is 77.8 Å². The van der Waals surface area contributed by atoms with Gasteiger partial charge < -0.3 is 10.2 Å². The van der Waals surface area contributed by atoms with Crippen LogP contribution in [0.4, 0.5) is 0 Å². The van der Waals surface area contributed by atoms with Gasteiger partial charge in [-0.05, 0) is 63.5 Å². The minimum Gasteiger partial charge on any atom is -0.317 e. The van der Waals surface area contributed by atoms with E-state index in [0.717, 1.165) is 29.8 Å². The molecule has 1 heterocycles. The fraction of sp³-hybridized carbons (Fsp3) is 1.00. The molecule has 1 aliphatic heterocycles. The van der Waals surface area contributed by atoms with Crippen molar-refractivity contribution in [3.05, 3.63) is 0 Å². The molecule has 2 fully saturated rings. The number of piperidine rings is 1. The van der Waals surface area contributed by atoms with E-state index in [9.17, 15) is 0 Å². The molecule has 0 aromatic carbocycles. The standard InChI is InChI=1S/C18H36N2/c1-5-8-16-9-6-7-10-20(16)13-17-15(3)11-14(2)12-18(17)19-4/h14-19H,5-13H2,1-4H3. The zero-order valence-corrected chi connectivity index (χ0v) is 14.2. The summed E-state index contributed by atoms with van der Waals surface area (Å²) in [5.41, 5.74) is 0. The molecule has 2 rings (SSSR count). The first-order valence-corrected chi connectivity index (χ1v) is 9.07. The Labute approximate surface area is 126 Å². The molecule has 2 aliphatic rings. The molecular weight excluding hydrogens is 244 g/mol. The van der Waals surface area contributed by atoms with E-state index in [1.54, 1.807) is 0 Å². The fourth-order valence-electron chi connectivity index (χ4n) is 4.78. The van der Waals surface area contributed by atoms with E-state index < -0.39 is 0 Å². The molecule has 0 aromatic rings. The maximum atomic E-state index is 3.62. The van der Waals surface area contributed by atoms with Crippen LogP contribution in [0.25, 0.3) is 0 Å². The summed E-state index contributed by atoms with van der Waals surface area (Å²) in [6.45, 7) is 9.94. The Hall–Kier alpha value is -0.0800. The molecule has 0 amide bonds. The van der Waals surface area contributed by atoms with Crippen LogP contribution in [-0.2, 0) is 0 Å². The SMILES string of the molecule is CCCC1CCCCN1CC1C(C)CC(C)CC1NC. The van der Waals surface area contributed by atoms with Crippen molar-refractivity contribution >= 4 is 0 Å². The predicted octanol–water partition coefficient (Wildman–Crippen LogP) is 3.91. The van der Waals surface area contributed by atoms with Crippen LogP contribution >= 0.6 is 0 Å². The highest BCUT2D eigenvalue weighted by Crippen LogP contribution is 2.35. The molecule has 1 saturated carbocycles. The molecule has 5 atom stereocenters. The number of hydrogen-bond acceptors (Lipinski definition) is 2. The summed E-state index contributed by atoms with van der Waals surface area (Å²) in [6, 6.07) is 1.61. The minimum absolute atomic E-state index is 0.734. The number of rotatable bonds is 5. The third kappa shape index (κ3) is 3.98. The number of nitrogens with zero attached hydrogens (tertiary/aromatic N) is 1. The van der Waals surface area contributed by atoms with Gasteiger partial charge in [-0.2, -0.15) is 0 Å². The summed E-state index contributed by atoms with van der Waals surface area (Å²) in [6.07, 6.45) is 9.86. The second-order valence-corrected chi connectivity index (χ2v) is 7.55. The van der Waals surface area contributed by atoms with E-state index in [1.165, 1.54) is 58.0 Å². The van der Waals surface area contributed by atoms with Crippen molar-refractivity contribution in [1.82, 2.24) is 10.2 Å². The van der Waals surface area contributed by atoms with Crippen LogP contribution in [0.3, 0.4) is 0 Å². The molecule has 0 bridgehead atoms. The molecule has 1 saturated heterocycles. The van der Waals surface area contributed by atoms with Gasteiger partial charge in [-0.15, -0.1) is 0 Å². The summed E-state index contributed by atoms with van der Waals surface area (Å²) >= 11 is 0. The molecule has 20 heavy (non-hydrogen) atoms. The van der Waals surface area contributed by atoms with Gasteiger partial charge in [0.1, 0.15) is 0 Å². The molecule has 0 radical (unpaired) electrons. The molecule has 1 aliphatic carbocycles. The lowest BCUT2D eigenvalue weighted by Gasteiger charge is -2.45. The normalized spacial score (nSPS) is 39.9.